The van der Waals surface area contributed by atoms with Crippen molar-refractivity contribution in [1.82, 2.24) is 0 Å². The maximum Gasteiger partial charge on any atom is 0.118 e. The molecule has 2 rings (SSSR count). The summed E-state index contributed by atoms with van der Waals surface area (Å²) in [5.41, 5.74) is 3.93. The normalized spacial score (nSPS) is 13.8. The van der Waals surface area contributed by atoms with Crippen LogP contribution >= 0.6 is 15.9 Å². The van der Waals surface area contributed by atoms with Gasteiger partial charge >= 0.3 is 0 Å². The van der Waals surface area contributed by atoms with Crippen molar-refractivity contribution in [1.29, 1.82) is 0 Å². The van der Waals surface area contributed by atoms with Gasteiger partial charge in [-0.2, -0.15) is 0 Å². The third-order valence-corrected chi connectivity index (χ3v) is 4.88. The lowest BCUT2D eigenvalue weighted by atomic mass is 9.96. The first-order valence-corrected chi connectivity index (χ1v) is 7.95. The monoisotopic (exact) mass is 332 g/mol. The van der Waals surface area contributed by atoms with Crippen LogP contribution in [0.4, 0.5) is 0 Å². The molecule has 0 bridgehead atoms. The molecule has 0 spiro atoms. The number of hydrogen-bond donors (Lipinski definition) is 0. The molecule has 106 valence electrons. The molecule has 1 nitrogen and oxygen atoms in total. The highest BCUT2D eigenvalue weighted by Crippen LogP contribution is 2.32. The van der Waals surface area contributed by atoms with Crippen LogP contribution in [0.1, 0.15) is 47.7 Å². The van der Waals surface area contributed by atoms with Gasteiger partial charge in [-0.15, -0.1) is 0 Å². The number of halogens is 1. The first-order valence-electron chi connectivity index (χ1n) is 7.03. The van der Waals surface area contributed by atoms with E-state index in [2.05, 4.69) is 66.2 Å². The highest BCUT2D eigenvalue weighted by Gasteiger charge is 2.11. The van der Waals surface area contributed by atoms with Crippen LogP contribution in [0.5, 0.6) is 5.75 Å². The Morgan fingerprint density at radius 3 is 1.80 bits per heavy atom. The average molecular weight is 333 g/mol. The van der Waals surface area contributed by atoms with Crippen LogP contribution < -0.4 is 4.74 Å². The molecule has 0 saturated carbocycles. The van der Waals surface area contributed by atoms with Gasteiger partial charge in [-0.1, -0.05) is 66.2 Å². The van der Waals surface area contributed by atoms with Crippen molar-refractivity contribution in [2.75, 3.05) is 7.11 Å². The summed E-state index contributed by atoms with van der Waals surface area (Å²) in [6, 6.07) is 17.1. The van der Waals surface area contributed by atoms with E-state index in [0.717, 1.165) is 5.75 Å². The second-order valence-electron chi connectivity index (χ2n) is 5.11. The minimum Gasteiger partial charge on any atom is -0.497 e. The summed E-state index contributed by atoms with van der Waals surface area (Å²) in [4.78, 5) is 0.222. The first-order chi connectivity index (χ1) is 9.65. The summed E-state index contributed by atoms with van der Waals surface area (Å²) >= 11 is 3.78. The zero-order valence-corrected chi connectivity index (χ0v) is 13.9. The number of hydrogen-bond acceptors (Lipinski definition) is 1. The second-order valence-corrected chi connectivity index (χ2v) is 6.03. The fourth-order valence-electron chi connectivity index (χ4n) is 2.19. The lowest BCUT2D eigenvalue weighted by Crippen LogP contribution is -1.95. The van der Waals surface area contributed by atoms with E-state index in [9.17, 15) is 0 Å². The minimum absolute atomic E-state index is 0.222. The van der Waals surface area contributed by atoms with Crippen LogP contribution in [0.15, 0.2) is 48.5 Å². The Kier molecular flexibility index (Phi) is 5.24. The first kappa shape index (κ1) is 15.1. The topological polar surface area (TPSA) is 9.23 Å². The SMILES string of the molecule is CCC(C)c1ccc(C(Br)c2ccc(OC)cc2)cc1. The third-order valence-electron chi connectivity index (χ3n) is 3.82. The molecule has 2 heteroatoms. The summed E-state index contributed by atoms with van der Waals surface area (Å²) in [7, 11) is 1.69. The molecule has 0 fully saturated rings. The van der Waals surface area contributed by atoms with E-state index in [-0.39, 0.29) is 4.83 Å². The molecule has 0 N–H and O–H groups in total. The van der Waals surface area contributed by atoms with Gasteiger partial charge in [0.1, 0.15) is 5.75 Å². The van der Waals surface area contributed by atoms with Crippen molar-refractivity contribution in [3.05, 3.63) is 65.2 Å². The molecular weight excluding hydrogens is 312 g/mol. The summed E-state index contributed by atoms with van der Waals surface area (Å²) in [6.07, 6.45) is 1.18. The van der Waals surface area contributed by atoms with Crippen LogP contribution in [-0.2, 0) is 0 Å². The van der Waals surface area contributed by atoms with Gasteiger partial charge in [0.15, 0.2) is 0 Å². The number of alkyl halides is 1. The molecule has 0 aromatic heterocycles. The quantitative estimate of drug-likeness (QED) is 0.639. The predicted molar refractivity (Wildman–Crippen MR) is 88.9 cm³/mol. The fraction of sp³-hybridized carbons (Fsp3) is 0.333. The molecule has 0 aliphatic rings. The van der Waals surface area contributed by atoms with E-state index < -0.39 is 0 Å². The lowest BCUT2D eigenvalue weighted by molar-refractivity contribution is 0.414. The molecule has 2 atom stereocenters. The van der Waals surface area contributed by atoms with Gasteiger partial charge in [-0.25, -0.2) is 0 Å². The van der Waals surface area contributed by atoms with Gasteiger partial charge in [-0.3, -0.25) is 0 Å². The highest BCUT2D eigenvalue weighted by atomic mass is 79.9. The van der Waals surface area contributed by atoms with E-state index in [1.54, 1.807) is 7.11 Å². The predicted octanol–water partition coefficient (Wildman–Crippen LogP) is 5.69. The highest BCUT2D eigenvalue weighted by molar-refractivity contribution is 9.09. The van der Waals surface area contributed by atoms with Crippen molar-refractivity contribution >= 4 is 15.9 Å². The van der Waals surface area contributed by atoms with Gasteiger partial charge in [0.05, 0.1) is 11.9 Å². The van der Waals surface area contributed by atoms with Gasteiger partial charge in [0.2, 0.25) is 0 Å². The largest absolute Gasteiger partial charge is 0.497 e. The van der Waals surface area contributed by atoms with Crippen LogP contribution in [0.25, 0.3) is 0 Å². The van der Waals surface area contributed by atoms with Crippen LogP contribution in [-0.4, -0.2) is 7.11 Å². The Labute approximate surface area is 130 Å². The standard InChI is InChI=1S/C18H21BrO/c1-4-13(2)14-5-7-15(8-6-14)18(19)16-9-11-17(20-3)12-10-16/h5-13,18H,4H2,1-3H3. The van der Waals surface area contributed by atoms with Crippen LogP contribution in [0.3, 0.4) is 0 Å². The maximum absolute atomic E-state index is 5.19. The number of ether oxygens (including phenoxy) is 1. The minimum atomic E-state index is 0.222. The van der Waals surface area contributed by atoms with Gasteiger partial charge in [-0.05, 0) is 41.2 Å². The number of methoxy groups -OCH3 is 1. The molecular formula is C18H21BrO. The Morgan fingerprint density at radius 2 is 1.35 bits per heavy atom. The Balaban J connectivity index is 2.17. The van der Waals surface area contributed by atoms with E-state index in [1.165, 1.54) is 23.1 Å². The molecule has 0 aliphatic heterocycles. The molecule has 2 aromatic rings. The van der Waals surface area contributed by atoms with Gasteiger partial charge in [0.25, 0.3) is 0 Å². The zero-order valence-electron chi connectivity index (χ0n) is 12.3. The van der Waals surface area contributed by atoms with Crippen molar-refractivity contribution in [3.8, 4) is 5.75 Å². The Morgan fingerprint density at radius 1 is 0.900 bits per heavy atom. The third kappa shape index (κ3) is 3.43. The molecule has 0 amide bonds. The number of benzene rings is 2. The van der Waals surface area contributed by atoms with Crippen molar-refractivity contribution in [3.63, 3.8) is 0 Å². The average Bonchev–Trinajstić information content (AvgIpc) is 2.53. The molecule has 0 aliphatic carbocycles. The maximum atomic E-state index is 5.19. The van der Waals surface area contributed by atoms with Crippen LogP contribution in [0, 0.1) is 0 Å². The summed E-state index contributed by atoms with van der Waals surface area (Å²) in [5.74, 6) is 1.51. The van der Waals surface area contributed by atoms with E-state index in [0.29, 0.717) is 5.92 Å². The van der Waals surface area contributed by atoms with Crippen molar-refractivity contribution in [2.24, 2.45) is 0 Å². The van der Waals surface area contributed by atoms with Crippen LogP contribution in [0.2, 0.25) is 0 Å². The molecule has 2 unspecified atom stereocenters. The Bertz CT molecular complexity index is 530. The zero-order chi connectivity index (χ0) is 14.5. The fourth-order valence-corrected chi connectivity index (χ4v) is 2.80. The summed E-state index contributed by atoms with van der Waals surface area (Å²) in [6.45, 7) is 4.49. The van der Waals surface area contributed by atoms with E-state index in [4.69, 9.17) is 4.74 Å². The molecule has 0 saturated heterocycles. The summed E-state index contributed by atoms with van der Waals surface area (Å²) < 4.78 is 5.19. The molecule has 0 radical (unpaired) electrons. The van der Waals surface area contributed by atoms with Crippen molar-refractivity contribution in [2.45, 2.75) is 31.0 Å². The molecule has 20 heavy (non-hydrogen) atoms. The Hall–Kier alpha value is -1.28. The van der Waals surface area contributed by atoms with E-state index in [1.807, 2.05) is 12.1 Å². The number of rotatable bonds is 5. The molecule has 2 aromatic carbocycles. The van der Waals surface area contributed by atoms with Crippen molar-refractivity contribution < 1.29 is 4.74 Å². The second kappa shape index (κ2) is 6.94. The lowest BCUT2D eigenvalue weighted by Gasteiger charge is -2.14. The van der Waals surface area contributed by atoms with Gasteiger partial charge < -0.3 is 4.74 Å². The molecule has 0 heterocycles. The smallest absolute Gasteiger partial charge is 0.118 e. The van der Waals surface area contributed by atoms with Gasteiger partial charge in [0, 0.05) is 0 Å². The van der Waals surface area contributed by atoms with E-state index >= 15 is 0 Å². The summed E-state index contributed by atoms with van der Waals surface area (Å²) in [5, 5.41) is 0.